The molecule has 0 amide bonds. The Kier molecular flexibility index (Phi) is 5.74. The molecule has 1 N–H and O–H groups in total. The van der Waals surface area contributed by atoms with Gasteiger partial charge in [0.2, 0.25) is 10.0 Å². The Labute approximate surface area is 160 Å². The number of aryl methyl sites for hydroxylation is 1. The maximum Gasteiger partial charge on any atom is 0.243 e. The molecule has 0 saturated heterocycles. The number of para-hydroxylation sites is 1. The highest BCUT2D eigenvalue weighted by atomic mass is 32.2. The van der Waals surface area contributed by atoms with Gasteiger partial charge >= 0.3 is 0 Å². The van der Waals surface area contributed by atoms with Gasteiger partial charge in [-0.3, -0.25) is 0 Å². The van der Waals surface area contributed by atoms with Crippen LogP contribution in [0.2, 0.25) is 0 Å². The fourth-order valence-corrected chi connectivity index (χ4v) is 3.79. The number of hydrogen-bond donors (Lipinski definition) is 1. The Bertz CT molecular complexity index is 980. The summed E-state index contributed by atoms with van der Waals surface area (Å²) in [6, 6.07) is 17.5. The van der Waals surface area contributed by atoms with E-state index in [4.69, 9.17) is 0 Å². The topological polar surface area (TPSA) is 67.2 Å². The standard InChI is InChI=1S/C20H24N4O2S/c1-16-9-11-17(12-10-16)20(23(2)3)14-22-27(25,26)19-13-21-24(15-19)18-7-5-4-6-8-18/h4-13,15,20,22H,14H2,1-3H3/t20-/m1/s1. The zero-order valence-corrected chi connectivity index (χ0v) is 16.5. The number of nitrogens with one attached hydrogen (secondary N) is 1. The highest BCUT2D eigenvalue weighted by Gasteiger charge is 2.21. The molecule has 6 nitrogen and oxygen atoms in total. The Morgan fingerprint density at radius 3 is 2.37 bits per heavy atom. The van der Waals surface area contributed by atoms with Gasteiger partial charge in [-0.1, -0.05) is 48.0 Å². The lowest BCUT2D eigenvalue weighted by Gasteiger charge is -2.25. The largest absolute Gasteiger partial charge is 0.301 e. The minimum absolute atomic E-state index is 0.0652. The van der Waals surface area contributed by atoms with E-state index in [2.05, 4.69) is 9.82 Å². The molecule has 7 heteroatoms. The van der Waals surface area contributed by atoms with E-state index in [1.807, 2.05) is 80.5 Å². The van der Waals surface area contributed by atoms with Crippen LogP contribution in [0.5, 0.6) is 0 Å². The van der Waals surface area contributed by atoms with Crippen molar-refractivity contribution in [3.05, 3.63) is 78.1 Å². The summed E-state index contributed by atoms with van der Waals surface area (Å²) >= 11 is 0. The van der Waals surface area contributed by atoms with Gasteiger partial charge in [-0.15, -0.1) is 0 Å². The lowest BCUT2D eigenvalue weighted by atomic mass is 10.0. The summed E-state index contributed by atoms with van der Waals surface area (Å²) < 4.78 is 29.7. The first kappa shape index (κ1) is 19.3. The van der Waals surface area contributed by atoms with E-state index in [1.165, 1.54) is 18.0 Å². The first-order valence-electron chi connectivity index (χ1n) is 8.69. The fraction of sp³-hybridized carbons (Fsp3) is 0.250. The maximum absolute atomic E-state index is 12.7. The van der Waals surface area contributed by atoms with Crippen molar-refractivity contribution in [1.82, 2.24) is 19.4 Å². The van der Waals surface area contributed by atoms with Crippen molar-refractivity contribution >= 4 is 10.0 Å². The molecule has 142 valence electrons. The zero-order chi connectivity index (χ0) is 19.4. The van der Waals surface area contributed by atoms with Gasteiger partial charge in [0.25, 0.3) is 0 Å². The molecule has 0 aliphatic carbocycles. The Hall–Kier alpha value is -2.48. The van der Waals surface area contributed by atoms with Crippen LogP contribution in [0.1, 0.15) is 17.2 Å². The molecule has 0 radical (unpaired) electrons. The van der Waals surface area contributed by atoms with Gasteiger partial charge in [-0.05, 0) is 38.7 Å². The summed E-state index contributed by atoms with van der Waals surface area (Å²) in [6.45, 7) is 2.30. The van der Waals surface area contributed by atoms with Gasteiger partial charge < -0.3 is 4.90 Å². The van der Waals surface area contributed by atoms with Gasteiger partial charge in [0.05, 0.1) is 18.1 Å². The van der Waals surface area contributed by atoms with Crippen LogP contribution in [-0.4, -0.2) is 43.7 Å². The second-order valence-corrected chi connectivity index (χ2v) is 8.47. The van der Waals surface area contributed by atoms with Gasteiger partial charge in [0.1, 0.15) is 4.90 Å². The maximum atomic E-state index is 12.7. The van der Waals surface area contributed by atoms with E-state index in [0.29, 0.717) is 0 Å². The number of aromatic nitrogens is 2. The van der Waals surface area contributed by atoms with Crippen molar-refractivity contribution in [2.75, 3.05) is 20.6 Å². The minimum Gasteiger partial charge on any atom is -0.301 e. The Morgan fingerprint density at radius 1 is 1.07 bits per heavy atom. The van der Waals surface area contributed by atoms with Crippen molar-refractivity contribution in [2.45, 2.75) is 17.9 Å². The Morgan fingerprint density at radius 2 is 1.74 bits per heavy atom. The molecule has 0 bridgehead atoms. The summed E-state index contributed by atoms with van der Waals surface area (Å²) in [5.41, 5.74) is 3.04. The molecule has 0 aliphatic heterocycles. The highest BCUT2D eigenvalue weighted by Crippen LogP contribution is 2.19. The van der Waals surface area contributed by atoms with Gasteiger partial charge in [-0.25, -0.2) is 17.8 Å². The van der Waals surface area contributed by atoms with Crippen LogP contribution < -0.4 is 4.72 Å². The number of benzene rings is 2. The molecule has 0 fully saturated rings. The third-order valence-corrected chi connectivity index (χ3v) is 5.82. The second kappa shape index (κ2) is 8.04. The smallest absolute Gasteiger partial charge is 0.243 e. The van der Waals surface area contributed by atoms with Crippen molar-refractivity contribution in [2.24, 2.45) is 0 Å². The first-order chi connectivity index (χ1) is 12.9. The molecule has 1 aromatic heterocycles. The van der Waals surface area contributed by atoms with Crippen LogP contribution >= 0.6 is 0 Å². The number of nitrogens with zero attached hydrogens (tertiary/aromatic N) is 3. The molecule has 3 rings (SSSR count). The van der Waals surface area contributed by atoms with Crippen molar-refractivity contribution < 1.29 is 8.42 Å². The van der Waals surface area contributed by atoms with Gasteiger partial charge in [0, 0.05) is 12.6 Å². The van der Waals surface area contributed by atoms with Gasteiger partial charge in [-0.2, -0.15) is 5.10 Å². The summed E-state index contributed by atoms with van der Waals surface area (Å²) in [5, 5.41) is 4.17. The van der Waals surface area contributed by atoms with Crippen LogP contribution in [0.25, 0.3) is 5.69 Å². The fourth-order valence-electron chi connectivity index (χ4n) is 2.83. The number of rotatable bonds is 7. The monoisotopic (exact) mass is 384 g/mol. The third kappa shape index (κ3) is 4.63. The average molecular weight is 385 g/mol. The molecular weight excluding hydrogens is 360 g/mol. The van der Waals surface area contributed by atoms with Crippen LogP contribution in [0.3, 0.4) is 0 Å². The van der Waals surface area contributed by atoms with Crippen molar-refractivity contribution in [3.63, 3.8) is 0 Å². The average Bonchev–Trinajstić information content (AvgIpc) is 3.15. The number of likely N-dealkylation sites (N-methyl/N-ethyl adjacent to an activating group) is 1. The summed E-state index contributed by atoms with van der Waals surface area (Å²) in [5.74, 6) is 0. The van der Waals surface area contributed by atoms with E-state index < -0.39 is 10.0 Å². The molecule has 2 aromatic carbocycles. The third-order valence-electron chi connectivity index (χ3n) is 4.44. The lowest BCUT2D eigenvalue weighted by Crippen LogP contribution is -2.34. The second-order valence-electron chi connectivity index (χ2n) is 6.70. The molecule has 0 unspecified atom stereocenters. The zero-order valence-electron chi connectivity index (χ0n) is 15.7. The van der Waals surface area contributed by atoms with Crippen molar-refractivity contribution in [3.8, 4) is 5.69 Å². The molecule has 0 aliphatic rings. The van der Waals surface area contributed by atoms with Crippen LogP contribution in [0.4, 0.5) is 0 Å². The van der Waals surface area contributed by atoms with E-state index in [-0.39, 0.29) is 17.5 Å². The predicted molar refractivity (Wildman–Crippen MR) is 106 cm³/mol. The molecule has 1 heterocycles. The molecule has 0 saturated carbocycles. The number of hydrogen-bond acceptors (Lipinski definition) is 4. The van der Waals surface area contributed by atoms with E-state index in [9.17, 15) is 8.42 Å². The van der Waals surface area contributed by atoms with Crippen molar-refractivity contribution in [1.29, 1.82) is 0 Å². The first-order valence-corrected chi connectivity index (χ1v) is 10.2. The van der Waals surface area contributed by atoms with E-state index >= 15 is 0 Å². The summed E-state index contributed by atoms with van der Waals surface area (Å²) in [7, 11) is 0.221. The summed E-state index contributed by atoms with van der Waals surface area (Å²) in [4.78, 5) is 2.15. The number of sulfonamides is 1. The summed E-state index contributed by atoms with van der Waals surface area (Å²) in [6.07, 6.45) is 2.89. The molecular formula is C20H24N4O2S. The quantitative estimate of drug-likeness (QED) is 0.680. The molecule has 3 aromatic rings. The predicted octanol–water partition coefficient (Wildman–Crippen LogP) is 2.76. The van der Waals surface area contributed by atoms with Crippen LogP contribution in [0.15, 0.2) is 71.9 Å². The van der Waals surface area contributed by atoms with Crippen LogP contribution in [0, 0.1) is 6.92 Å². The highest BCUT2D eigenvalue weighted by molar-refractivity contribution is 7.89. The molecule has 0 spiro atoms. The SMILES string of the molecule is Cc1ccc([C@@H](CNS(=O)(=O)c2cnn(-c3ccccc3)c2)N(C)C)cc1. The lowest BCUT2D eigenvalue weighted by molar-refractivity contribution is 0.299. The van der Waals surface area contributed by atoms with Gasteiger partial charge in [0.15, 0.2) is 0 Å². The Balaban J connectivity index is 1.75. The van der Waals surface area contributed by atoms with E-state index in [0.717, 1.165) is 11.3 Å². The minimum atomic E-state index is -3.65. The van der Waals surface area contributed by atoms with E-state index in [1.54, 1.807) is 4.68 Å². The van der Waals surface area contributed by atoms with Crippen LogP contribution in [-0.2, 0) is 10.0 Å². The molecule has 1 atom stereocenters. The molecule has 27 heavy (non-hydrogen) atoms. The normalized spacial score (nSPS) is 13.0.